The molecule has 1 fully saturated rings. The third kappa shape index (κ3) is 3.57. The summed E-state index contributed by atoms with van der Waals surface area (Å²) in [6.07, 6.45) is 0. The number of anilines is 1. The van der Waals surface area contributed by atoms with Crippen molar-refractivity contribution >= 4 is 17.6 Å². The highest BCUT2D eigenvalue weighted by Crippen LogP contribution is 2.24. The minimum atomic E-state index is -0.707. The summed E-state index contributed by atoms with van der Waals surface area (Å²) < 4.78 is 0. The van der Waals surface area contributed by atoms with E-state index in [9.17, 15) is 9.59 Å². The first-order valence-electron chi connectivity index (χ1n) is 6.77. The van der Waals surface area contributed by atoms with Crippen LogP contribution in [0.15, 0.2) is 24.3 Å². The van der Waals surface area contributed by atoms with Crippen LogP contribution in [0.25, 0.3) is 0 Å². The molecule has 20 heavy (non-hydrogen) atoms. The average Bonchev–Trinajstić information content (AvgIpc) is 2.72. The number of rotatable bonds is 4. The number of aliphatic carboxylic acids is 1. The van der Waals surface area contributed by atoms with E-state index in [4.69, 9.17) is 5.11 Å². The van der Waals surface area contributed by atoms with Crippen LogP contribution in [0.5, 0.6) is 0 Å². The molecule has 0 radical (unpaired) electrons. The van der Waals surface area contributed by atoms with Crippen LogP contribution in [0.1, 0.15) is 19.4 Å². The highest BCUT2D eigenvalue weighted by molar-refractivity contribution is 5.88. The van der Waals surface area contributed by atoms with Crippen LogP contribution in [0, 0.1) is 11.8 Å². The van der Waals surface area contributed by atoms with Gasteiger partial charge in [-0.2, -0.15) is 0 Å². The lowest BCUT2D eigenvalue weighted by Crippen LogP contribution is -2.23. The first-order valence-corrected chi connectivity index (χ1v) is 6.77. The van der Waals surface area contributed by atoms with Gasteiger partial charge in [-0.05, 0) is 23.6 Å². The molecule has 0 bridgehead atoms. The Morgan fingerprint density at radius 3 is 2.45 bits per heavy atom. The number of carbonyl (C=O) groups excluding carboxylic acids is 1. The van der Waals surface area contributed by atoms with E-state index in [-0.39, 0.29) is 17.7 Å². The summed E-state index contributed by atoms with van der Waals surface area (Å²) in [6.45, 7) is 5.62. The fraction of sp³-hybridized carbons (Fsp3) is 0.467. The number of amides is 1. The van der Waals surface area contributed by atoms with E-state index in [2.05, 4.69) is 10.2 Å². The number of benzene rings is 1. The van der Waals surface area contributed by atoms with E-state index >= 15 is 0 Å². The van der Waals surface area contributed by atoms with Gasteiger partial charge in [0, 0.05) is 32.2 Å². The summed E-state index contributed by atoms with van der Waals surface area (Å²) in [5, 5.41) is 11.8. The number of carboxylic acid groups (broad SMARTS) is 1. The first-order chi connectivity index (χ1) is 9.45. The van der Waals surface area contributed by atoms with Gasteiger partial charge >= 0.3 is 5.97 Å². The van der Waals surface area contributed by atoms with E-state index in [1.54, 1.807) is 0 Å². The maximum absolute atomic E-state index is 11.1. The van der Waals surface area contributed by atoms with E-state index in [0.717, 1.165) is 24.3 Å². The summed E-state index contributed by atoms with van der Waals surface area (Å²) in [4.78, 5) is 24.2. The third-order valence-electron chi connectivity index (χ3n) is 3.69. The molecule has 1 aliphatic rings. The Morgan fingerprint density at radius 1 is 1.30 bits per heavy atom. The van der Waals surface area contributed by atoms with Crippen molar-refractivity contribution < 1.29 is 14.7 Å². The number of nitrogens with one attached hydrogen (secondary N) is 1. The van der Waals surface area contributed by atoms with Crippen molar-refractivity contribution in [2.45, 2.75) is 20.4 Å². The zero-order chi connectivity index (χ0) is 14.7. The van der Waals surface area contributed by atoms with Crippen LogP contribution in [0.4, 0.5) is 5.69 Å². The molecule has 0 unspecified atom stereocenters. The second kappa shape index (κ2) is 6.05. The minimum absolute atomic E-state index is 0.0876. The molecule has 5 nitrogen and oxygen atoms in total. The van der Waals surface area contributed by atoms with Crippen molar-refractivity contribution in [2.75, 3.05) is 18.4 Å². The van der Waals surface area contributed by atoms with Crippen LogP contribution in [-0.2, 0) is 16.1 Å². The lowest BCUT2D eigenvalue weighted by atomic mass is 9.99. The highest BCUT2D eigenvalue weighted by atomic mass is 16.4. The number of nitrogens with zero attached hydrogens (tertiary/aromatic N) is 1. The van der Waals surface area contributed by atoms with Gasteiger partial charge < -0.3 is 10.4 Å². The lowest BCUT2D eigenvalue weighted by molar-refractivity contribution is -0.142. The molecule has 0 spiro atoms. The monoisotopic (exact) mass is 276 g/mol. The maximum atomic E-state index is 11.1. The zero-order valence-corrected chi connectivity index (χ0v) is 11.8. The zero-order valence-electron chi connectivity index (χ0n) is 11.8. The average molecular weight is 276 g/mol. The summed E-state index contributed by atoms with van der Waals surface area (Å²) in [5.41, 5.74) is 1.90. The third-order valence-corrected chi connectivity index (χ3v) is 3.69. The Hall–Kier alpha value is -1.88. The smallest absolute Gasteiger partial charge is 0.308 e. The molecule has 1 saturated heterocycles. The van der Waals surface area contributed by atoms with Gasteiger partial charge in [-0.25, -0.2) is 0 Å². The standard InChI is InChI=1S/C15H20N2O3/c1-10-7-17(9-14(10)15(19)20)8-12-3-5-13(6-4-12)16-11(2)18/h3-6,10,14H,7-9H2,1-2H3,(H,16,18)(H,19,20)/t10-,14-/m1/s1. The first kappa shape index (κ1) is 14.5. The van der Waals surface area contributed by atoms with Gasteiger partial charge in [-0.15, -0.1) is 0 Å². The molecule has 1 aromatic carbocycles. The molecular formula is C15H20N2O3. The van der Waals surface area contributed by atoms with E-state index < -0.39 is 5.97 Å². The van der Waals surface area contributed by atoms with Gasteiger partial charge in [0.2, 0.25) is 5.91 Å². The molecule has 2 N–H and O–H groups in total. The molecule has 1 aromatic rings. The van der Waals surface area contributed by atoms with Crippen LogP contribution in [-0.4, -0.2) is 35.0 Å². The predicted octanol–water partition coefficient (Wildman–Crippen LogP) is 1.80. The lowest BCUT2D eigenvalue weighted by Gasteiger charge is -2.15. The fourth-order valence-electron chi connectivity index (χ4n) is 2.67. The number of carboxylic acids is 1. The maximum Gasteiger partial charge on any atom is 0.308 e. The SMILES string of the molecule is CC(=O)Nc1ccc(CN2C[C@@H](C)[C@H](C(=O)O)C2)cc1. The summed E-state index contributed by atoms with van der Waals surface area (Å²) in [7, 11) is 0. The van der Waals surface area contributed by atoms with Crippen LogP contribution in [0.3, 0.4) is 0 Å². The predicted molar refractivity (Wildman–Crippen MR) is 76.3 cm³/mol. The Kier molecular flexibility index (Phi) is 4.39. The molecular weight excluding hydrogens is 256 g/mol. The quantitative estimate of drug-likeness (QED) is 0.879. The molecule has 1 amide bonds. The largest absolute Gasteiger partial charge is 0.481 e. The van der Waals surface area contributed by atoms with E-state index in [0.29, 0.717) is 6.54 Å². The second-order valence-electron chi connectivity index (χ2n) is 5.49. The van der Waals surface area contributed by atoms with Crippen LogP contribution in [0.2, 0.25) is 0 Å². The Morgan fingerprint density at radius 2 is 1.95 bits per heavy atom. The summed E-state index contributed by atoms with van der Waals surface area (Å²) in [5.74, 6) is -0.878. The van der Waals surface area contributed by atoms with E-state index in [1.807, 2.05) is 31.2 Å². The van der Waals surface area contributed by atoms with Gasteiger partial charge in [-0.3, -0.25) is 14.5 Å². The van der Waals surface area contributed by atoms with Crippen molar-refractivity contribution in [3.05, 3.63) is 29.8 Å². The summed E-state index contributed by atoms with van der Waals surface area (Å²) in [6, 6.07) is 7.66. The molecule has 5 heteroatoms. The second-order valence-corrected chi connectivity index (χ2v) is 5.49. The topological polar surface area (TPSA) is 69.6 Å². The molecule has 1 heterocycles. The van der Waals surface area contributed by atoms with Crippen molar-refractivity contribution in [2.24, 2.45) is 11.8 Å². The minimum Gasteiger partial charge on any atom is -0.481 e. The molecule has 0 saturated carbocycles. The van der Waals surface area contributed by atoms with Gasteiger partial charge in [0.05, 0.1) is 5.92 Å². The molecule has 2 atom stereocenters. The van der Waals surface area contributed by atoms with Gasteiger partial charge in [0.25, 0.3) is 0 Å². The summed E-state index contributed by atoms with van der Waals surface area (Å²) >= 11 is 0. The Labute approximate surface area is 118 Å². The number of hydrogen-bond donors (Lipinski definition) is 2. The molecule has 0 aromatic heterocycles. The normalized spacial score (nSPS) is 22.7. The molecule has 108 valence electrons. The number of hydrogen-bond acceptors (Lipinski definition) is 3. The van der Waals surface area contributed by atoms with Crippen molar-refractivity contribution in [3.8, 4) is 0 Å². The van der Waals surface area contributed by atoms with Gasteiger partial charge in [-0.1, -0.05) is 19.1 Å². The Balaban J connectivity index is 1.94. The van der Waals surface area contributed by atoms with E-state index in [1.165, 1.54) is 6.92 Å². The van der Waals surface area contributed by atoms with Crippen molar-refractivity contribution in [1.29, 1.82) is 0 Å². The molecule has 0 aliphatic carbocycles. The number of likely N-dealkylation sites (tertiary alicyclic amines) is 1. The molecule has 2 rings (SSSR count). The van der Waals surface area contributed by atoms with Crippen molar-refractivity contribution in [3.63, 3.8) is 0 Å². The van der Waals surface area contributed by atoms with Crippen molar-refractivity contribution in [1.82, 2.24) is 4.90 Å². The van der Waals surface area contributed by atoms with Crippen LogP contribution >= 0.6 is 0 Å². The van der Waals surface area contributed by atoms with Crippen LogP contribution < -0.4 is 5.32 Å². The molecule has 1 aliphatic heterocycles. The number of carbonyl (C=O) groups is 2. The van der Waals surface area contributed by atoms with Gasteiger partial charge in [0.1, 0.15) is 0 Å². The Bertz CT molecular complexity index is 498. The van der Waals surface area contributed by atoms with Gasteiger partial charge in [0.15, 0.2) is 0 Å². The highest BCUT2D eigenvalue weighted by Gasteiger charge is 2.34. The fourth-order valence-corrected chi connectivity index (χ4v) is 2.67.